The number of nitrogens with zero attached hydrogens (tertiary/aromatic N) is 3. The zero-order chi connectivity index (χ0) is 27.9. The van der Waals surface area contributed by atoms with Gasteiger partial charge in [-0.2, -0.15) is 0 Å². The average molecular weight is 551 g/mol. The number of piperazine rings is 1. The highest BCUT2D eigenvalue weighted by molar-refractivity contribution is 6.30. The van der Waals surface area contributed by atoms with Crippen LogP contribution in [0.5, 0.6) is 0 Å². The van der Waals surface area contributed by atoms with E-state index in [1.807, 2.05) is 30.3 Å². The molecule has 0 bridgehead atoms. The Labute approximate surface area is 230 Å². The highest BCUT2D eigenvalue weighted by Gasteiger charge is 2.31. The van der Waals surface area contributed by atoms with Crippen LogP contribution in [0.4, 0.5) is 10.1 Å². The van der Waals surface area contributed by atoms with Gasteiger partial charge in [0.25, 0.3) is 5.91 Å². The van der Waals surface area contributed by atoms with Crippen molar-refractivity contribution >= 4 is 40.9 Å². The van der Waals surface area contributed by atoms with E-state index in [1.165, 1.54) is 39.0 Å². The predicted octanol–water partition coefficient (Wildman–Crippen LogP) is 3.15. The monoisotopic (exact) mass is 550 g/mol. The van der Waals surface area contributed by atoms with E-state index in [4.69, 9.17) is 11.6 Å². The van der Waals surface area contributed by atoms with Gasteiger partial charge in [-0.05, 0) is 54.1 Å². The molecule has 1 aliphatic heterocycles. The SMILES string of the molecule is CN(C(=O)[C@H](Cc1ccccc1)NC(=O)CN1CCN(C(=O)c2ccc(F)cc2)CC1=O)c1ccc(Cl)cc1. The van der Waals surface area contributed by atoms with Crippen molar-refractivity contribution in [1.29, 1.82) is 0 Å². The maximum Gasteiger partial charge on any atom is 0.254 e. The summed E-state index contributed by atoms with van der Waals surface area (Å²) in [7, 11) is 1.62. The third kappa shape index (κ3) is 7.20. The van der Waals surface area contributed by atoms with Crippen molar-refractivity contribution in [2.24, 2.45) is 0 Å². The molecule has 4 amide bonds. The fourth-order valence-electron chi connectivity index (χ4n) is 4.31. The van der Waals surface area contributed by atoms with E-state index in [9.17, 15) is 23.6 Å². The molecule has 4 rings (SSSR count). The number of hydrogen-bond acceptors (Lipinski definition) is 4. The Balaban J connectivity index is 1.40. The van der Waals surface area contributed by atoms with Crippen LogP contribution in [0.25, 0.3) is 0 Å². The third-order valence-corrected chi connectivity index (χ3v) is 6.74. The number of rotatable bonds is 8. The van der Waals surface area contributed by atoms with Crippen LogP contribution in [0.1, 0.15) is 15.9 Å². The number of halogens is 2. The molecule has 10 heteroatoms. The second-order valence-electron chi connectivity index (χ2n) is 9.23. The first-order valence-electron chi connectivity index (χ1n) is 12.4. The van der Waals surface area contributed by atoms with Gasteiger partial charge in [-0.15, -0.1) is 0 Å². The van der Waals surface area contributed by atoms with Crippen molar-refractivity contribution in [1.82, 2.24) is 15.1 Å². The molecule has 39 heavy (non-hydrogen) atoms. The van der Waals surface area contributed by atoms with Crippen molar-refractivity contribution in [3.63, 3.8) is 0 Å². The summed E-state index contributed by atoms with van der Waals surface area (Å²) >= 11 is 5.97. The Morgan fingerprint density at radius 3 is 2.28 bits per heavy atom. The number of anilines is 1. The van der Waals surface area contributed by atoms with Crippen LogP contribution in [-0.2, 0) is 20.8 Å². The number of amides is 4. The predicted molar refractivity (Wildman–Crippen MR) is 146 cm³/mol. The largest absolute Gasteiger partial charge is 0.342 e. The molecular weight excluding hydrogens is 523 g/mol. The van der Waals surface area contributed by atoms with E-state index < -0.39 is 23.7 Å². The molecule has 0 aromatic heterocycles. The molecule has 0 unspecified atom stereocenters. The van der Waals surface area contributed by atoms with Gasteiger partial charge in [-0.1, -0.05) is 41.9 Å². The van der Waals surface area contributed by atoms with Gasteiger partial charge in [0.05, 0.1) is 6.54 Å². The third-order valence-electron chi connectivity index (χ3n) is 6.49. The lowest BCUT2D eigenvalue weighted by Crippen LogP contribution is -2.56. The van der Waals surface area contributed by atoms with Crippen LogP contribution in [0.2, 0.25) is 5.02 Å². The minimum atomic E-state index is -0.878. The Bertz CT molecular complexity index is 1340. The maximum absolute atomic E-state index is 13.4. The molecule has 0 saturated carbocycles. The van der Waals surface area contributed by atoms with E-state index in [1.54, 1.807) is 31.3 Å². The highest BCUT2D eigenvalue weighted by atomic mass is 35.5. The molecule has 8 nitrogen and oxygen atoms in total. The smallest absolute Gasteiger partial charge is 0.254 e. The Morgan fingerprint density at radius 1 is 0.974 bits per heavy atom. The van der Waals surface area contributed by atoms with Crippen molar-refractivity contribution in [2.75, 3.05) is 38.1 Å². The van der Waals surface area contributed by atoms with Gasteiger partial charge in [-0.3, -0.25) is 19.2 Å². The lowest BCUT2D eigenvalue weighted by molar-refractivity contribution is -0.139. The minimum absolute atomic E-state index is 0.154. The fourth-order valence-corrected chi connectivity index (χ4v) is 4.44. The maximum atomic E-state index is 13.4. The summed E-state index contributed by atoms with van der Waals surface area (Å²) in [5.41, 5.74) is 1.76. The zero-order valence-electron chi connectivity index (χ0n) is 21.3. The number of likely N-dealkylation sites (N-methyl/N-ethyl adjacent to an activating group) is 1. The van der Waals surface area contributed by atoms with Gasteiger partial charge < -0.3 is 20.0 Å². The van der Waals surface area contributed by atoms with Gasteiger partial charge in [0.15, 0.2) is 0 Å². The molecule has 1 fully saturated rings. The minimum Gasteiger partial charge on any atom is -0.342 e. The summed E-state index contributed by atoms with van der Waals surface area (Å²) in [6.07, 6.45) is 0.261. The molecular formula is C29H28ClFN4O4. The number of carbonyl (C=O) groups excluding carboxylic acids is 4. The van der Waals surface area contributed by atoms with Crippen LogP contribution >= 0.6 is 11.6 Å². The molecule has 0 aliphatic carbocycles. The quantitative estimate of drug-likeness (QED) is 0.466. The molecule has 202 valence electrons. The Kier molecular flexibility index (Phi) is 8.93. The number of nitrogens with one attached hydrogen (secondary N) is 1. The molecule has 0 spiro atoms. The lowest BCUT2D eigenvalue weighted by atomic mass is 10.0. The van der Waals surface area contributed by atoms with Gasteiger partial charge >= 0.3 is 0 Å². The molecule has 3 aromatic rings. The number of carbonyl (C=O) groups is 4. The van der Waals surface area contributed by atoms with Gasteiger partial charge in [0.1, 0.15) is 18.4 Å². The molecule has 1 N–H and O–H groups in total. The van der Waals surface area contributed by atoms with Crippen LogP contribution in [-0.4, -0.2) is 72.7 Å². The van der Waals surface area contributed by atoms with E-state index in [0.717, 1.165) is 5.56 Å². The van der Waals surface area contributed by atoms with Crippen molar-refractivity contribution in [2.45, 2.75) is 12.5 Å². The fraction of sp³-hybridized carbons (Fsp3) is 0.241. The average Bonchev–Trinajstić information content (AvgIpc) is 2.94. The number of benzene rings is 3. The standard InChI is InChI=1S/C29H28ClFN4O4/c1-33(24-13-9-22(30)10-14-24)29(39)25(17-20-5-3-2-4-6-20)32-26(36)18-34-15-16-35(19-27(34)37)28(38)21-7-11-23(31)12-8-21/h2-14,25H,15-19H2,1H3,(H,32,36)/t25-/m0/s1. The first-order chi connectivity index (χ1) is 18.7. The van der Waals surface area contributed by atoms with Crippen LogP contribution in [0.15, 0.2) is 78.9 Å². The van der Waals surface area contributed by atoms with Crippen molar-refractivity contribution in [3.05, 3.63) is 101 Å². The summed E-state index contributed by atoms with van der Waals surface area (Å²) < 4.78 is 13.2. The Hall–Kier alpha value is -4.24. The topological polar surface area (TPSA) is 90.0 Å². The molecule has 1 saturated heterocycles. The summed E-state index contributed by atoms with van der Waals surface area (Å²) in [6.45, 7) is -0.0715. The first-order valence-corrected chi connectivity index (χ1v) is 12.8. The van der Waals surface area contributed by atoms with Gasteiger partial charge in [0, 0.05) is 42.8 Å². The van der Waals surface area contributed by atoms with Crippen LogP contribution in [0, 0.1) is 5.82 Å². The van der Waals surface area contributed by atoms with Crippen LogP contribution < -0.4 is 10.2 Å². The second-order valence-corrected chi connectivity index (χ2v) is 9.67. The highest BCUT2D eigenvalue weighted by Crippen LogP contribution is 2.18. The molecule has 0 radical (unpaired) electrons. The zero-order valence-corrected chi connectivity index (χ0v) is 22.1. The van der Waals surface area contributed by atoms with E-state index >= 15 is 0 Å². The molecule has 3 aromatic carbocycles. The Morgan fingerprint density at radius 2 is 1.64 bits per heavy atom. The van der Waals surface area contributed by atoms with Crippen molar-refractivity contribution < 1.29 is 23.6 Å². The molecule has 1 heterocycles. The number of hydrogen-bond donors (Lipinski definition) is 1. The van der Waals surface area contributed by atoms with Gasteiger partial charge in [0.2, 0.25) is 17.7 Å². The van der Waals surface area contributed by atoms with E-state index in [2.05, 4.69) is 5.32 Å². The normalized spacial score (nSPS) is 14.1. The van der Waals surface area contributed by atoms with Gasteiger partial charge in [-0.25, -0.2) is 4.39 Å². The summed E-state index contributed by atoms with van der Waals surface area (Å²) in [4.78, 5) is 56.1. The molecule has 1 atom stereocenters. The second kappa shape index (κ2) is 12.5. The van der Waals surface area contributed by atoms with E-state index in [-0.39, 0.29) is 50.0 Å². The van der Waals surface area contributed by atoms with Crippen molar-refractivity contribution in [3.8, 4) is 0 Å². The summed E-state index contributed by atoms with van der Waals surface area (Å²) in [6, 6.07) is 20.3. The summed E-state index contributed by atoms with van der Waals surface area (Å²) in [5.74, 6) is -2.04. The van der Waals surface area contributed by atoms with Crippen LogP contribution in [0.3, 0.4) is 0 Å². The molecule has 1 aliphatic rings. The van der Waals surface area contributed by atoms with E-state index in [0.29, 0.717) is 10.7 Å². The lowest BCUT2D eigenvalue weighted by Gasteiger charge is -2.34. The first kappa shape index (κ1) is 27.8. The summed E-state index contributed by atoms with van der Waals surface area (Å²) in [5, 5.41) is 3.33.